The molecule has 0 aliphatic carbocycles. The number of allylic oxidation sites excluding steroid dienone is 1. The molecule has 0 saturated carbocycles. The van der Waals surface area contributed by atoms with Crippen molar-refractivity contribution in [1.82, 2.24) is 15.3 Å². The normalized spacial score (nSPS) is 21.2. The van der Waals surface area contributed by atoms with E-state index >= 15 is 0 Å². The van der Waals surface area contributed by atoms with Crippen molar-refractivity contribution in [3.63, 3.8) is 0 Å². The van der Waals surface area contributed by atoms with Crippen LogP contribution in [0.4, 0.5) is 5.82 Å². The van der Waals surface area contributed by atoms with Gasteiger partial charge in [0.05, 0.1) is 5.69 Å². The van der Waals surface area contributed by atoms with Crippen LogP contribution < -0.4 is 16.0 Å². The van der Waals surface area contributed by atoms with Crippen LogP contribution in [0.25, 0.3) is 0 Å². The van der Waals surface area contributed by atoms with E-state index in [2.05, 4.69) is 26.8 Å². The van der Waals surface area contributed by atoms with Crippen LogP contribution in [0.15, 0.2) is 24.7 Å². The zero-order valence-electron chi connectivity index (χ0n) is 11.2. The Hall–Kier alpha value is -1.62. The summed E-state index contributed by atoms with van der Waals surface area (Å²) < 4.78 is 0. The minimum absolute atomic E-state index is 0.460. The van der Waals surface area contributed by atoms with Gasteiger partial charge in [0.1, 0.15) is 0 Å². The fourth-order valence-corrected chi connectivity index (χ4v) is 2.82. The predicted octanol–water partition coefficient (Wildman–Crippen LogP) is 0.852. The molecule has 0 bridgehead atoms. The van der Waals surface area contributed by atoms with Gasteiger partial charge in [0, 0.05) is 56.1 Å². The minimum atomic E-state index is 0.460. The molecule has 1 aromatic heterocycles. The third kappa shape index (κ3) is 2.42. The molecule has 19 heavy (non-hydrogen) atoms. The Morgan fingerprint density at radius 2 is 1.95 bits per heavy atom. The third-order valence-corrected chi connectivity index (χ3v) is 4.19. The lowest BCUT2D eigenvalue weighted by Gasteiger charge is -2.36. The van der Waals surface area contributed by atoms with Crippen molar-refractivity contribution in [3.8, 4) is 0 Å². The zero-order valence-corrected chi connectivity index (χ0v) is 11.2. The Labute approximate surface area is 113 Å². The van der Waals surface area contributed by atoms with Gasteiger partial charge in [-0.15, -0.1) is 0 Å². The molecule has 0 spiro atoms. The van der Waals surface area contributed by atoms with Gasteiger partial charge in [-0.05, 0) is 12.8 Å². The minimum Gasteiger partial charge on any atom is -0.402 e. The van der Waals surface area contributed by atoms with Crippen LogP contribution in [0.5, 0.6) is 0 Å². The van der Waals surface area contributed by atoms with Crippen molar-refractivity contribution in [1.29, 1.82) is 0 Å². The second-order valence-electron chi connectivity index (χ2n) is 5.46. The van der Waals surface area contributed by atoms with Crippen molar-refractivity contribution < 1.29 is 0 Å². The zero-order chi connectivity index (χ0) is 13.2. The second-order valence-corrected chi connectivity index (χ2v) is 5.46. The number of nitrogens with one attached hydrogen (secondary N) is 1. The Morgan fingerprint density at radius 1 is 1.26 bits per heavy atom. The topological polar surface area (TPSA) is 67.1 Å². The standard InChI is InChI=1S/C14H21N5/c1-10(15)11-2-6-19(7-3-11)14-13(12-8-16-9-12)17-4-5-18-14/h4-5,11-12,16H,1-3,6-9,15H2. The molecule has 0 atom stereocenters. The summed E-state index contributed by atoms with van der Waals surface area (Å²) in [5.41, 5.74) is 7.78. The molecule has 5 heteroatoms. The maximum atomic E-state index is 5.81. The molecule has 3 rings (SSSR count). The molecule has 2 aliphatic heterocycles. The molecule has 0 radical (unpaired) electrons. The highest BCUT2D eigenvalue weighted by atomic mass is 15.2. The molecule has 0 aromatic carbocycles. The van der Waals surface area contributed by atoms with E-state index in [1.807, 2.05) is 0 Å². The molecule has 3 heterocycles. The summed E-state index contributed by atoms with van der Waals surface area (Å²) in [7, 11) is 0. The maximum Gasteiger partial charge on any atom is 0.150 e. The predicted molar refractivity (Wildman–Crippen MR) is 75.9 cm³/mol. The van der Waals surface area contributed by atoms with Crippen molar-refractivity contribution in [2.75, 3.05) is 31.1 Å². The van der Waals surface area contributed by atoms with Gasteiger partial charge >= 0.3 is 0 Å². The summed E-state index contributed by atoms with van der Waals surface area (Å²) in [5.74, 6) is 2.04. The molecule has 3 N–H and O–H groups in total. The first-order valence-electron chi connectivity index (χ1n) is 6.96. The van der Waals surface area contributed by atoms with Crippen molar-refractivity contribution in [3.05, 3.63) is 30.4 Å². The number of nitrogens with two attached hydrogens (primary N) is 1. The number of rotatable bonds is 3. The van der Waals surface area contributed by atoms with Crippen LogP contribution in [0.1, 0.15) is 24.5 Å². The van der Waals surface area contributed by atoms with Crippen LogP contribution in [-0.4, -0.2) is 36.1 Å². The van der Waals surface area contributed by atoms with E-state index in [1.54, 1.807) is 12.4 Å². The summed E-state index contributed by atoms with van der Waals surface area (Å²) in [5, 5.41) is 3.30. The van der Waals surface area contributed by atoms with Crippen molar-refractivity contribution >= 4 is 5.82 Å². The van der Waals surface area contributed by atoms with Crippen molar-refractivity contribution in [2.45, 2.75) is 18.8 Å². The van der Waals surface area contributed by atoms with E-state index in [9.17, 15) is 0 Å². The van der Waals surface area contributed by atoms with Gasteiger partial charge in [-0.1, -0.05) is 6.58 Å². The van der Waals surface area contributed by atoms with Gasteiger partial charge in [-0.3, -0.25) is 4.98 Å². The first-order chi connectivity index (χ1) is 9.25. The Kier molecular flexibility index (Phi) is 3.38. The molecule has 2 aliphatic rings. The summed E-state index contributed by atoms with van der Waals surface area (Å²) >= 11 is 0. The lowest BCUT2D eigenvalue weighted by molar-refractivity contribution is 0.428. The number of hydrogen-bond acceptors (Lipinski definition) is 5. The molecule has 2 saturated heterocycles. The summed E-state index contributed by atoms with van der Waals surface area (Å²) in [6, 6.07) is 0. The van der Waals surface area contributed by atoms with E-state index in [0.29, 0.717) is 11.8 Å². The van der Waals surface area contributed by atoms with E-state index in [1.165, 1.54) is 0 Å². The third-order valence-electron chi connectivity index (χ3n) is 4.19. The molecule has 1 aromatic rings. The van der Waals surface area contributed by atoms with E-state index in [-0.39, 0.29) is 0 Å². The first kappa shape index (κ1) is 12.4. The van der Waals surface area contributed by atoms with Crippen LogP contribution in [0, 0.1) is 5.92 Å². The van der Waals surface area contributed by atoms with Crippen LogP contribution >= 0.6 is 0 Å². The Bertz CT molecular complexity index is 461. The quantitative estimate of drug-likeness (QED) is 0.842. The van der Waals surface area contributed by atoms with Gasteiger partial charge in [0.2, 0.25) is 0 Å². The number of aromatic nitrogens is 2. The molecule has 0 unspecified atom stereocenters. The molecule has 2 fully saturated rings. The monoisotopic (exact) mass is 259 g/mol. The lowest BCUT2D eigenvalue weighted by atomic mass is 9.93. The van der Waals surface area contributed by atoms with Crippen LogP contribution in [0.3, 0.4) is 0 Å². The summed E-state index contributed by atoms with van der Waals surface area (Å²) in [4.78, 5) is 11.4. The van der Waals surface area contributed by atoms with Crippen LogP contribution in [0.2, 0.25) is 0 Å². The van der Waals surface area contributed by atoms with Gasteiger partial charge in [0.25, 0.3) is 0 Å². The van der Waals surface area contributed by atoms with Gasteiger partial charge in [-0.25, -0.2) is 4.98 Å². The van der Waals surface area contributed by atoms with Crippen molar-refractivity contribution in [2.24, 2.45) is 11.7 Å². The molecule has 5 nitrogen and oxygen atoms in total. The molecular formula is C14H21N5. The average molecular weight is 259 g/mol. The molecular weight excluding hydrogens is 238 g/mol. The Balaban J connectivity index is 1.74. The number of anilines is 1. The van der Waals surface area contributed by atoms with Crippen LogP contribution in [-0.2, 0) is 0 Å². The number of hydrogen-bond donors (Lipinski definition) is 2. The highest BCUT2D eigenvalue weighted by Gasteiger charge is 2.28. The SMILES string of the molecule is C=C(N)C1CCN(c2nccnc2C2CNC2)CC1. The van der Waals surface area contributed by atoms with Gasteiger partial charge in [0.15, 0.2) is 5.82 Å². The smallest absolute Gasteiger partial charge is 0.150 e. The summed E-state index contributed by atoms with van der Waals surface area (Å²) in [6.07, 6.45) is 5.72. The fourth-order valence-electron chi connectivity index (χ4n) is 2.82. The molecule has 102 valence electrons. The first-order valence-corrected chi connectivity index (χ1v) is 6.96. The van der Waals surface area contributed by atoms with Gasteiger partial charge < -0.3 is 16.0 Å². The largest absolute Gasteiger partial charge is 0.402 e. The highest BCUT2D eigenvalue weighted by Crippen LogP contribution is 2.30. The highest BCUT2D eigenvalue weighted by molar-refractivity contribution is 5.46. The number of piperidine rings is 1. The van der Waals surface area contributed by atoms with E-state index in [4.69, 9.17) is 5.73 Å². The second kappa shape index (κ2) is 5.17. The molecule has 0 amide bonds. The average Bonchev–Trinajstić information content (AvgIpc) is 2.37. The summed E-state index contributed by atoms with van der Waals surface area (Å²) in [6.45, 7) is 7.88. The van der Waals surface area contributed by atoms with Gasteiger partial charge in [-0.2, -0.15) is 0 Å². The Morgan fingerprint density at radius 3 is 2.53 bits per heavy atom. The van der Waals surface area contributed by atoms with E-state index in [0.717, 1.165) is 56.2 Å². The lowest BCUT2D eigenvalue weighted by Crippen LogP contribution is -2.42. The van der Waals surface area contributed by atoms with E-state index < -0.39 is 0 Å². The fraction of sp³-hybridized carbons (Fsp3) is 0.571. The number of nitrogens with zero attached hydrogens (tertiary/aromatic N) is 3. The maximum absolute atomic E-state index is 5.81.